The fraction of sp³-hybridized carbons (Fsp3) is 0.333. The van der Waals surface area contributed by atoms with Crippen molar-refractivity contribution in [1.29, 1.82) is 0 Å². The lowest BCUT2D eigenvalue weighted by Crippen LogP contribution is -2.46. The topological polar surface area (TPSA) is 93.0 Å². The number of rotatable bonds is 6. The maximum Gasteiger partial charge on any atom is 0.289 e. The molecule has 0 fully saturated rings. The smallest absolute Gasteiger partial charge is 0.289 e. The van der Waals surface area contributed by atoms with Crippen LogP contribution in [0.2, 0.25) is 0 Å². The number of hydrogen-bond donors (Lipinski definition) is 0. The number of likely N-dealkylation sites (N-methyl/N-ethyl adjacent to an activating group) is 2. The van der Waals surface area contributed by atoms with Crippen LogP contribution in [0.3, 0.4) is 0 Å². The minimum atomic E-state index is -4.02. The summed E-state index contributed by atoms with van der Waals surface area (Å²) in [5.41, 5.74) is 0.537. The first-order chi connectivity index (χ1) is 12.8. The zero-order valence-corrected chi connectivity index (χ0v) is 15.9. The predicted octanol–water partition coefficient (Wildman–Crippen LogP) is 2.50. The van der Waals surface area contributed by atoms with Crippen molar-refractivity contribution >= 4 is 21.4 Å². The maximum atomic E-state index is 12.9. The molecule has 0 N–H and O–H groups in total. The number of benzene rings is 2. The first-order valence-corrected chi connectivity index (χ1v) is 9.99. The summed E-state index contributed by atoms with van der Waals surface area (Å²) in [6, 6.07) is 13.0. The molecule has 0 saturated carbocycles. The molecule has 1 aliphatic rings. The first-order valence-electron chi connectivity index (χ1n) is 8.55. The van der Waals surface area contributed by atoms with Gasteiger partial charge in [-0.15, -0.1) is 0 Å². The summed E-state index contributed by atoms with van der Waals surface area (Å²) >= 11 is 0. The second-order valence-electron chi connectivity index (χ2n) is 6.26. The van der Waals surface area contributed by atoms with E-state index in [0.29, 0.717) is 12.3 Å². The van der Waals surface area contributed by atoms with Crippen LogP contribution in [0.15, 0.2) is 53.4 Å². The van der Waals surface area contributed by atoms with Gasteiger partial charge in [0.1, 0.15) is 11.9 Å². The van der Waals surface area contributed by atoms with Gasteiger partial charge >= 0.3 is 0 Å². The Labute approximate surface area is 158 Å². The van der Waals surface area contributed by atoms with E-state index < -0.39 is 20.6 Å². The molecular formula is C18H21N3O5S. The third-order valence-electron chi connectivity index (χ3n) is 4.52. The highest BCUT2D eigenvalue weighted by Crippen LogP contribution is 2.33. The molecule has 8 nitrogen and oxygen atoms in total. The number of para-hydroxylation sites is 3. The lowest BCUT2D eigenvalue weighted by molar-refractivity contribution is -0.387. The predicted molar refractivity (Wildman–Crippen MR) is 102 cm³/mol. The van der Waals surface area contributed by atoms with Crippen LogP contribution >= 0.6 is 0 Å². The van der Waals surface area contributed by atoms with E-state index in [0.717, 1.165) is 16.5 Å². The molecule has 2 aromatic rings. The summed E-state index contributed by atoms with van der Waals surface area (Å²) < 4.78 is 32.8. The van der Waals surface area contributed by atoms with Gasteiger partial charge in [-0.1, -0.05) is 24.3 Å². The molecule has 0 aliphatic carbocycles. The first kappa shape index (κ1) is 19.1. The third-order valence-corrected chi connectivity index (χ3v) is 6.39. The fourth-order valence-corrected chi connectivity index (χ4v) is 4.51. The Morgan fingerprint density at radius 2 is 1.89 bits per heavy atom. The summed E-state index contributed by atoms with van der Waals surface area (Å²) in [5, 5.41) is 11.2. The molecule has 1 atom stereocenters. The van der Waals surface area contributed by atoms with Gasteiger partial charge in [-0.05, 0) is 25.1 Å². The quantitative estimate of drug-likeness (QED) is 0.555. The molecular weight excluding hydrogens is 370 g/mol. The molecule has 1 heterocycles. The van der Waals surface area contributed by atoms with Crippen molar-refractivity contribution in [2.24, 2.45) is 0 Å². The number of anilines is 1. The summed E-state index contributed by atoms with van der Waals surface area (Å²) in [5.74, 6) is 0.701. The molecule has 0 bridgehead atoms. The fourth-order valence-electron chi connectivity index (χ4n) is 3.15. The Kier molecular flexibility index (Phi) is 5.33. The van der Waals surface area contributed by atoms with Gasteiger partial charge in [-0.2, -0.15) is 4.31 Å². The Hall–Kier alpha value is -2.65. The number of nitro benzene ring substituents is 1. The molecule has 0 radical (unpaired) electrons. The average Bonchev–Trinajstić information content (AvgIpc) is 2.67. The van der Waals surface area contributed by atoms with Gasteiger partial charge in [0.25, 0.3) is 5.69 Å². The summed E-state index contributed by atoms with van der Waals surface area (Å²) in [6.45, 7) is 3.40. The number of nitro groups is 1. The van der Waals surface area contributed by atoms with Gasteiger partial charge in [-0.3, -0.25) is 10.1 Å². The van der Waals surface area contributed by atoms with Crippen molar-refractivity contribution < 1.29 is 18.1 Å². The largest absolute Gasteiger partial charge is 0.485 e. The Balaban J connectivity index is 1.83. The monoisotopic (exact) mass is 391 g/mol. The van der Waals surface area contributed by atoms with Crippen LogP contribution in [0.5, 0.6) is 5.75 Å². The molecule has 1 unspecified atom stereocenters. The van der Waals surface area contributed by atoms with Crippen LogP contribution in [-0.2, 0) is 10.0 Å². The van der Waals surface area contributed by atoms with E-state index >= 15 is 0 Å². The van der Waals surface area contributed by atoms with Gasteiger partial charge in [0, 0.05) is 19.7 Å². The minimum Gasteiger partial charge on any atom is -0.485 e. The van der Waals surface area contributed by atoms with Crippen LogP contribution < -0.4 is 9.64 Å². The Morgan fingerprint density at radius 1 is 1.22 bits per heavy atom. The molecule has 144 valence electrons. The molecule has 3 rings (SSSR count). The summed E-state index contributed by atoms with van der Waals surface area (Å²) in [7, 11) is -2.61. The van der Waals surface area contributed by atoms with Crippen molar-refractivity contribution in [3.05, 3.63) is 58.6 Å². The number of ether oxygens (including phenoxy) is 1. The van der Waals surface area contributed by atoms with Gasteiger partial charge in [-0.25, -0.2) is 8.42 Å². The zero-order valence-electron chi connectivity index (χ0n) is 15.1. The summed E-state index contributed by atoms with van der Waals surface area (Å²) in [4.78, 5) is 12.3. The molecule has 0 spiro atoms. The van der Waals surface area contributed by atoms with Crippen LogP contribution in [-0.4, -0.2) is 50.4 Å². The third kappa shape index (κ3) is 3.74. The van der Waals surface area contributed by atoms with Crippen molar-refractivity contribution in [3.63, 3.8) is 0 Å². The molecule has 0 saturated heterocycles. The Bertz CT molecular complexity index is 948. The highest BCUT2D eigenvalue weighted by atomic mass is 32.2. The average molecular weight is 391 g/mol. The Morgan fingerprint density at radius 3 is 2.59 bits per heavy atom. The van der Waals surface area contributed by atoms with E-state index in [-0.39, 0.29) is 17.5 Å². The van der Waals surface area contributed by atoms with Gasteiger partial charge in [0.05, 0.1) is 23.7 Å². The van der Waals surface area contributed by atoms with Crippen LogP contribution in [0.1, 0.15) is 6.92 Å². The van der Waals surface area contributed by atoms with E-state index in [4.69, 9.17) is 4.74 Å². The number of nitrogens with zero attached hydrogens (tertiary/aromatic N) is 3. The molecule has 0 amide bonds. The number of fused-ring (bicyclic) bond motifs is 1. The molecule has 1 aliphatic heterocycles. The van der Waals surface area contributed by atoms with E-state index in [1.54, 1.807) is 0 Å². The standard InChI is InChI=1S/C18H21N3O5S/c1-3-20-13-14(26-17-10-6-4-8-15(17)20)12-19(2)27(24,25)18-11-7-5-9-16(18)21(22)23/h4-11,14H,3,12-13H2,1-2H3. The van der Waals surface area contributed by atoms with Crippen LogP contribution in [0.25, 0.3) is 0 Å². The normalized spacial score (nSPS) is 16.7. The van der Waals surface area contributed by atoms with E-state index in [9.17, 15) is 18.5 Å². The minimum absolute atomic E-state index is 0.0826. The second kappa shape index (κ2) is 7.53. The lowest BCUT2D eigenvalue weighted by atomic mass is 10.2. The lowest BCUT2D eigenvalue weighted by Gasteiger charge is -2.36. The second-order valence-corrected chi connectivity index (χ2v) is 8.27. The SMILES string of the molecule is CCN1CC(CN(C)S(=O)(=O)c2ccccc2[N+](=O)[O-])Oc2ccccc21. The highest BCUT2D eigenvalue weighted by molar-refractivity contribution is 7.89. The van der Waals surface area contributed by atoms with Gasteiger partial charge in [0.2, 0.25) is 10.0 Å². The van der Waals surface area contributed by atoms with Crippen molar-refractivity contribution in [1.82, 2.24) is 4.31 Å². The maximum absolute atomic E-state index is 12.9. The molecule has 0 aromatic heterocycles. The van der Waals surface area contributed by atoms with Crippen molar-refractivity contribution in [2.45, 2.75) is 17.9 Å². The van der Waals surface area contributed by atoms with E-state index in [2.05, 4.69) is 4.90 Å². The van der Waals surface area contributed by atoms with Crippen LogP contribution in [0, 0.1) is 10.1 Å². The van der Waals surface area contributed by atoms with E-state index in [1.165, 1.54) is 31.3 Å². The number of sulfonamides is 1. The molecule has 27 heavy (non-hydrogen) atoms. The van der Waals surface area contributed by atoms with Gasteiger partial charge < -0.3 is 9.64 Å². The van der Waals surface area contributed by atoms with E-state index in [1.807, 2.05) is 31.2 Å². The number of hydrogen-bond acceptors (Lipinski definition) is 6. The van der Waals surface area contributed by atoms with Crippen LogP contribution in [0.4, 0.5) is 11.4 Å². The molecule has 2 aromatic carbocycles. The van der Waals surface area contributed by atoms with Crippen molar-refractivity contribution in [3.8, 4) is 5.75 Å². The van der Waals surface area contributed by atoms with Crippen molar-refractivity contribution in [2.75, 3.05) is 31.6 Å². The highest BCUT2D eigenvalue weighted by Gasteiger charge is 2.33. The molecule has 9 heteroatoms. The zero-order chi connectivity index (χ0) is 19.6. The summed E-state index contributed by atoms with van der Waals surface area (Å²) in [6.07, 6.45) is -0.387. The van der Waals surface area contributed by atoms with Gasteiger partial charge in [0.15, 0.2) is 4.90 Å².